The number of ether oxygens (including phenoxy) is 2. The normalized spacial score (nSPS) is 21.8. The molecule has 2 bridgehead atoms. The van der Waals surface area contributed by atoms with Crippen molar-refractivity contribution in [1.82, 2.24) is 24.8 Å². The summed E-state index contributed by atoms with van der Waals surface area (Å²) in [5, 5.41) is 1.37. The van der Waals surface area contributed by atoms with Crippen LogP contribution in [0.3, 0.4) is 0 Å². The van der Waals surface area contributed by atoms with Crippen molar-refractivity contribution in [3.8, 4) is 17.3 Å². The van der Waals surface area contributed by atoms with Crippen LogP contribution in [0.25, 0.3) is 32.9 Å². The van der Waals surface area contributed by atoms with Gasteiger partial charge in [0.05, 0.1) is 22.5 Å². The highest BCUT2D eigenvalue weighted by Crippen LogP contribution is 2.40. The fraction of sp³-hybridized carbons (Fsp3) is 0.471. The molecule has 5 heterocycles. The monoisotopic (exact) mass is 650 g/mol. The molecule has 9 nitrogen and oxygen atoms in total. The average molecular weight is 651 g/mol. The number of anilines is 1. The lowest BCUT2D eigenvalue weighted by atomic mass is 10.0. The Kier molecular flexibility index (Phi) is 7.87. The topological polar surface area (TPSA) is 83.9 Å². The average Bonchev–Trinajstić information content (AvgIpc) is 3.55. The van der Waals surface area contributed by atoms with Gasteiger partial charge in [0.15, 0.2) is 5.82 Å². The molecule has 2 aromatic heterocycles. The molecular formula is C34H37ClF2N6O3. The molecule has 46 heavy (non-hydrogen) atoms. The van der Waals surface area contributed by atoms with E-state index in [-0.39, 0.29) is 46.5 Å². The Morgan fingerprint density at radius 3 is 2.52 bits per heavy atom. The highest BCUT2D eigenvalue weighted by atomic mass is 35.5. The Morgan fingerprint density at radius 1 is 1.07 bits per heavy atom. The molecule has 4 aromatic rings. The van der Waals surface area contributed by atoms with Crippen LogP contribution in [0.4, 0.5) is 19.4 Å². The van der Waals surface area contributed by atoms with Gasteiger partial charge < -0.3 is 19.3 Å². The quantitative estimate of drug-likeness (QED) is 0.232. The lowest BCUT2D eigenvalue weighted by molar-refractivity contribution is 0.0122. The molecule has 0 N–H and O–H groups in total. The molecule has 3 aliphatic heterocycles. The summed E-state index contributed by atoms with van der Waals surface area (Å²) in [7, 11) is 2.06. The van der Waals surface area contributed by atoms with Crippen LogP contribution >= 0.6 is 11.6 Å². The number of likely N-dealkylation sites (tertiary alicyclic amines) is 1. The summed E-state index contributed by atoms with van der Waals surface area (Å²) in [5.41, 5.74) is -0.180. The summed E-state index contributed by atoms with van der Waals surface area (Å²) < 4.78 is 43.1. The number of halogens is 3. The highest BCUT2D eigenvalue weighted by Gasteiger charge is 2.45. The van der Waals surface area contributed by atoms with Gasteiger partial charge in [0, 0.05) is 36.3 Å². The minimum atomic E-state index is -0.674. The summed E-state index contributed by atoms with van der Waals surface area (Å²) in [4.78, 5) is 33.2. The fourth-order valence-corrected chi connectivity index (χ4v) is 7.35. The Hall–Kier alpha value is -3.83. The summed E-state index contributed by atoms with van der Waals surface area (Å²) in [5.74, 6) is -0.771. The number of amides is 1. The molecule has 7 rings (SSSR count). The van der Waals surface area contributed by atoms with E-state index in [0.717, 1.165) is 32.2 Å². The van der Waals surface area contributed by atoms with Gasteiger partial charge in [0.25, 0.3) is 0 Å². The molecule has 0 saturated carbocycles. The van der Waals surface area contributed by atoms with E-state index in [1.54, 1.807) is 30.5 Å². The third-order valence-electron chi connectivity index (χ3n) is 9.30. The van der Waals surface area contributed by atoms with E-state index >= 15 is 4.39 Å². The van der Waals surface area contributed by atoms with Gasteiger partial charge in [-0.25, -0.2) is 13.6 Å². The van der Waals surface area contributed by atoms with Gasteiger partial charge >= 0.3 is 12.1 Å². The summed E-state index contributed by atoms with van der Waals surface area (Å²) in [6.45, 7) is 7.93. The largest absolute Gasteiger partial charge is 0.462 e. The second-order valence-electron chi connectivity index (χ2n) is 13.5. The minimum Gasteiger partial charge on any atom is -0.462 e. The van der Waals surface area contributed by atoms with Gasteiger partial charge in [-0.2, -0.15) is 9.97 Å². The third-order valence-corrected chi connectivity index (χ3v) is 9.67. The molecule has 3 saturated heterocycles. The van der Waals surface area contributed by atoms with Gasteiger partial charge in [0.2, 0.25) is 0 Å². The third kappa shape index (κ3) is 5.57. The van der Waals surface area contributed by atoms with Gasteiger partial charge in [-0.15, -0.1) is 0 Å². The van der Waals surface area contributed by atoms with E-state index < -0.39 is 17.2 Å². The lowest BCUT2D eigenvalue weighted by Gasteiger charge is -2.42. The first-order valence-corrected chi connectivity index (χ1v) is 16.2. The molecule has 242 valence electrons. The number of pyridine rings is 1. The maximum Gasteiger partial charge on any atom is 0.410 e. The van der Waals surface area contributed by atoms with Crippen molar-refractivity contribution in [3.05, 3.63) is 53.2 Å². The van der Waals surface area contributed by atoms with E-state index in [2.05, 4.69) is 26.8 Å². The number of nitrogens with zero attached hydrogens (tertiary/aromatic N) is 6. The number of carbonyl (C=O) groups excluding carboxylic acids is 1. The van der Waals surface area contributed by atoms with Crippen molar-refractivity contribution < 1.29 is 23.0 Å². The number of likely N-dealkylation sites (N-methyl/N-ethyl adjacent to an activating group) is 1. The molecular weight excluding hydrogens is 614 g/mol. The predicted molar refractivity (Wildman–Crippen MR) is 173 cm³/mol. The Morgan fingerprint density at radius 2 is 1.83 bits per heavy atom. The van der Waals surface area contributed by atoms with E-state index in [9.17, 15) is 9.18 Å². The molecule has 0 spiro atoms. The molecule has 3 fully saturated rings. The maximum atomic E-state index is 16.7. The number of aromatic nitrogens is 3. The molecule has 0 aliphatic carbocycles. The second kappa shape index (κ2) is 11.8. The molecule has 1 amide bonds. The van der Waals surface area contributed by atoms with Crippen LogP contribution < -0.4 is 9.64 Å². The fourth-order valence-electron chi connectivity index (χ4n) is 7.07. The van der Waals surface area contributed by atoms with E-state index in [1.807, 2.05) is 25.7 Å². The van der Waals surface area contributed by atoms with Crippen LogP contribution in [-0.2, 0) is 4.74 Å². The zero-order valence-corrected chi connectivity index (χ0v) is 27.2. The molecule has 2 aromatic carbocycles. The summed E-state index contributed by atoms with van der Waals surface area (Å²) >= 11 is 6.40. The van der Waals surface area contributed by atoms with Crippen LogP contribution in [-0.4, -0.2) is 87.9 Å². The number of hydrogen-bond acceptors (Lipinski definition) is 8. The van der Waals surface area contributed by atoms with Crippen molar-refractivity contribution >= 4 is 45.2 Å². The van der Waals surface area contributed by atoms with Crippen LogP contribution in [0.2, 0.25) is 5.02 Å². The molecule has 3 aliphatic rings. The van der Waals surface area contributed by atoms with Gasteiger partial charge in [0.1, 0.15) is 35.1 Å². The van der Waals surface area contributed by atoms with Crippen molar-refractivity contribution in [2.45, 2.75) is 70.2 Å². The Labute approximate surface area is 271 Å². The summed E-state index contributed by atoms with van der Waals surface area (Å²) in [6.07, 6.45) is 4.97. The number of benzene rings is 2. The molecule has 2 unspecified atom stereocenters. The smallest absolute Gasteiger partial charge is 0.410 e. The van der Waals surface area contributed by atoms with Crippen molar-refractivity contribution in [2.24, 2.45) is 0 Å². The number of carbonyl (C=O) groups is 1. The van der Waals surface area contributed by atoms with Crippen LogP contribution in [0.15, 0.2) is 36.5 Å². The predicted octanol–water partition coefficient (Wildman–Crippen LogP) is 6.84. The molecule has 0 radical (unpaired) electrons. The SMILES string of the molecule is CN1CCC[C@H]1COc1nc(N2CC3CCC(C2)N3C(=O)OC(C)(C)C)c2cnc(-c3cccc4ccc(F)c(Cl)c34)c(F)c2n1. The Bertz CT molecular complexity index is 1820. The minimum absolute atomic E-state index is 0.00606. The van der Waals surface area contributed by atoms with E-state index in [0.29, 0.717) is 47.2 Å². The van der Waals surface area contributed by atoms with Crippen LogP contribution in [0.5, 0.6) is 6.01 Å². The first-order valence-electron chi connectivity index (χ1n) is 15.8. The van der Waals surface area contributed by atoms with Crippen molar-refractivity contribution in [2.75, 3.05) is 38.2 Å². The van der Waals surface area contributed by atoms with E-state index in [1.165, 1.54) is 6.07 Å². The Balaban J connectivity index is 1.30. The first kappa shape index (κ1) is 30.8. The number of fused-ring (bicyclic) bond motifs is 4. The number of piperazine rings is 1. The molecule has 3 atom stereocenters. The second-order valence-corrected chi connectivity index (χ2v) is 13.9. The zero-order valence-electron chi connectivity index (χ0n) is 26.4. The van der Waals surface area contributed by atoms with Crippen LogP contribution in [0, 0.1) is 11.6 Å². The van der Waals surface area contributed by atoms with Crippen molar-refractivity contribution in [3.63, 3.8) is 0 Å². The summed E-state index contributed by atoms with van der Waals surface area (Å²) in [6, 6.07) is 8.24. The maximum absolute atomic E-state index is 16.7. The molecule has 12 heteroatoms. The standard InChI is InChI=1S/C34H37ClF2N6O3/c1-34(2,3)46-33(44)43-20-11-12-21(43)17-42(16-20)31-24-15-38-29(23-9-5-7-19-10-13-25(36)27(35)26(19)23)28(37)30(24)39-32(40-31)45-18-22-8-6-14-41(22)4/h5,7,9-10,13,15,20-22H,6,8,11-12,14,16-18H2,1-4H3/t20?,21?,22-/m0/s1. The first-order chi connectivity index (χ1) is 22.0. The number of hydrogen-bond donors (Lipinski definition) is 0. The zero-order chi connectivity index (χ0) is 32.3. The number of rotatable bonds is 5. The van der Waals surface area contributed by atoms with E-state index in [4.69, 9.17) is 26.1 Å². The van der Waals surface area contributed by atoms with Gasteiger partial charge in [-0.1, -0.05) is 35.9 Å². The van der Waals surface area contributed by atoms with Gasteiger partial charge in [-0.05, 0) is 71.5 Å². The van der Waals surface area contributed by atoms with Gasteiger partial charge in [-0.3, -0.25) is 9.88 Å². The van der Waals surface area contributed by atoms with Crippen LogP contribution in [0.1, 0.15) is 46.5 Å². The highest BCUT2D eigenvalue weighted by molar-refractivity contribution is 6.36. The van der Waals surface area contributed by atoms with Crippen molar-refractivity contribution in [1.29, 1.82) is 0 Å². The lowest BCUT2D eigenvalue weighted by Crippen LogP contribution is -2.57.